The lowest BCUT2D eigenvalue weighted by atomic mass is 9.40. The van der Waals surface area contributed by atoms with E-state index < -0.39 is 14.5 Å². The minimum absolute atomic E-state index is 0.0850. The molecule has 0 saturated heterocycles. The van der Waals surface area contributed by atoms with Crippen molar-refractivity contribution in [3.63, 3.8) is 0 Å². The van der Waals surface area contributed by atoms with Crippen LogP contribution < -0.4 is 0 Å². The molecule has 5 heteroatoms. The molecular formula is C31H55FO3Si. The van der Waals surface area contributed by atoms with Gasteiger partial charge in [-0.3, -0.25) is 4.79 Å². The van der Waals surface area contributed by atoms with Gasteiger partial charge in [-0.15, -0.1) is 0 Å². The van der Waals surface area contributed by atoms with Gasteiger partial charge in [-0.1, -0.05) is 41.0 Å². The lowest BCUT2D eigenvalue weighted by Gasteiger charge is -2.66. The molecule has 0 aliphatic heterocycles. The summed E-state index contributed by atoms with van der Waals surface area (Å²) in [5, 5.41) is 0. The number of hydrogen-bond donors (Lipinski definition) is 0. The third kappa shape index (κ3) is 4.75. The highest BCUT2D eigenvalue weighted by atomic mass is 28.4. The van der Waals surface area contributed by atoms with E-state index in [1.54, 1.807) is 0 Å². The van der Waals surface area contributed by atoms with E-state index in [2.05, 4.69) is 54.3 Å². The molecule has 0 amide bonds. The van der Waals surface area contributed by atoms with Crippen molar-refractivity contribution >= 4 is 14.3 Å². The second-order valence-corrected chi connectivity index (χ2v) is 19.3. The van der Waals surface area contributed by atoms with Crippen molar-refractivity contribution in [3.05, 3.63) is 0 Å². The van der Waals surface area contributed by atoms with Crippen LogP contribution in [0.15, 0.2) is 0 Å². The number of rotatable bonds is 7. The van der Waals surface area contributed by atoms with Gasteiger partial charge in [0.05, 0.1) is 13.2 Å². The molecule has 12 atom stereocenters. The van der Waals surface area contributed by atoms with Crippen molar-refractivity contribution in [2.45, 2.75) is 124 Å². The van der Waals surface area contributed by atoms with Crippen molar-refractivity contribution in [1.82, 2.24) is 0 Å². The largest absolute Gasteiger partial charge is 0.469 e. The molecular weight excluding hydrogens is 467 g/mol. The van der Waals surface area contributed by atoms with Gasteiger partial charge in [-0.2, -0.15) is 0 Å². The van der Waals surface area contributed by atoms with Crippen LogP contribution in [0.1, 0.15) is 92.4 Å². The number of fused-ring (bicyclic) bond motifs is 5. The summed E-state index contributed by atoms with van der Waals surface area (Å²) >= 11 is 0. The number of methoxy groups -OCH3 is 1. The first-order chi connectivity index (χ1) is 16.8. The second kappa shape index (κ2) is 10.3. The first kappa shape index (κ1) is 28.6. The molecule has 4 rings (SSSR count). The number of ether oxygens (including phenoxy) is 1. The topological polar surface area (TPSA) is 35.5 Å². The third-order valence-electron chi connectivity index (χ3n) is 12.0. The van der Waals surface area contributed by atoms with Crippen LogP contribution in [-0.4, -0.2) is 33.7 Å². The Morgan fingerprint density at radius 1 is 1.06 bits per heavy atom. The van der Waals surface area contributed by atoms with Gasteiger partial charge in [0, 0.05) is 12.3 Å². The van der Waals surface area contributed by atoms with Gasteiger partial charge in [0.15, 0.2) is 8.32 Å². The van der Waals surface area contributed by atoms with Crippen LogP contribution in [-0.2, 0) is 14.0 Å². The Kier molecular flexibility index (Phi) is 8.16. The Morgan fingerprint density at radius 2 is 1.69 bits per heavy atom. The van der Waals surface area contributed by atoms with Crippen molar-refractivity contribution in [2.24, 2.45) is 58.2 Å². The molecule has 4 aliphatic rings. The minimum Gasteiger partial charge on any atom is -0.469 e. The zero-order valence-electron chi connectivity index (χ0n) is 24.7. The summed E-state index contributed by atoms with van der Waals surface area (Å²) in [7, 11) is -0.314. The van der Waals surface area contributed by atoms with Gasteiger partial charge < -0.3 is 9.16 Å². The van der Waals surface area contributed by atoms with E-state index in [1.165, 1.54) is 39.2 Å². The molecule has 3 nitrogen and oxygen atoms in total. The normalized spacial score (nSPS) is 47.4. The van der Waals surface area contributed by atoms with Gasteiger partial charge in [0.25, 0.3) is 0 Å². The van der Waals surface area contributed by atoms with Crippen molar-refractivity contribution in [1.29, 1.82) is 0 Å². The average molecular weight is 523 g/mol. The fourth-order valence-electron chi connectivity index (χ4n) is 10.3. The van der Waals surface area contributed by atoms with Crippen LogP contribution in [0.25, 0.3) is 0 Å². The Hall–Kier alpha value is -0.423. The second-order valence-electron chi connectivity index (χ2n) is 14.9. The number of halogens is 1. The molecule has 208 valence electrons. The van der Waals surface area contributed by atoms with Crippen molar-refractivity contribution in [3.8, 4) is 0 Å². The highest BCUT2D eigenvalue weighted by Gasteiger charge is 2.67. The summed E-state index contributed by atoms with van der Waals surface area (Å²) in [6.07, 6.45) is 9.15. The molecule has 5 unspecified atom stereocenters. The number of carbonyl (C=O) groups excluding carboxylic acids is 1. The minimum atomic E-state index is -1.81. The summed E-state index contributed by atoms with van der Waals surface area (Å²) in [4.78, 5) is 11.9. The molecule has 0 N–H and O–H groups in total. The molecule has 0 aromatic carbocycles. The third-order valence-corrected chi connectivity index (χ3v) is 13.0. The highest BCUT2D eigenvalue weighted by molar-refractivity contribution is 6.69. The molecule has 0 aromatic rings. The number of alkyl halides is 1. The van der Waals surface area contributed by atoms with Crippen LogP contribution in [0.5, 0.6) is 0 Å². The van der Waals surface area contributed by atoms with Gasteiger partial charge in [-0.05, 0) is 117 Å². The zero-order valence-corrected chi connectivity index (χ0v) is 25.7. The molecule has 0 spiro atoms. The van der Waals surface area contributed by atoms with Crippen LogP contribution >= 0.6 is 0 Å². The van der Waals surface area contributed by atoms with Crippen LogP contribution in [0, 0.1) is 58.2 Å². The maximum Gasteiger partial charge on any atom is 0.305 e. The Morgan fingerprint density at radius 3 is 2.31 bits per heavy atom. The summed E-state index contributed by atoms with van der Waals surface area (Å²) in [5.74, 6) is 3.46. The molecule has 4 fully saturated rings. The predicted molar refractivity (Wildman–Crippen MR) is 148 cm³/mol. The highest BCUT2D eigenvalue weighted by Crippen LogP contribution is 2.70. The van der Waals surface area contributed by atoms with E-state index in [4.69, 9.17) is 9.16 Å². The van der Waals surface area contributed by atoms with E-state index >= 15 is 4.39 Å². The van der Waals surface area contributed by atoms with E-state index in [-0.39, 0.29) is 34.7 Å². The molecule has 0 radical (unpaired) electrons. The first-order valence-electron chi connectivity index (χ1n) is 15.2. The van der Waals surface area contributed by atoms with Gasteiger partial charge in [-0.25, -0.2) is 4.39 Å². The standard InChI is InChI=1S/C31H55FO3Si/c1-10-21-27-28(32)20(3)15-17-31(27,5)24-16-18-30(4)22(19(2)11-14-25(33)34-6)12-13-23(30)26(24)29(21)35-36(7,8)9/h19-24,26-29H,10-18H2,1-9H3/t19-,20-,21-,22?,23?,24?,26?,27-,28+,29?,30-,31-/m1/s1. The van der Waals surface area contributed by atoms with Crippen LogP contribution in [0.2, 0.25) is 19.6 Å². The van der Waals surface area contributed by atoms with E-state index in [1.807, 2.05) is 0 Å². The van der Waals surface area contributed by atoms with Crippen LogP contribution in [0.4, 0.5) is 4.39 Å². The Bertz CT molecular complexity index is 797. The number of carbonyl (C=O) groups is 1. The zero-order chi connectivity index (χ0) is 26.6. The van der Waals surface area contributed by atoms with Gasteiger partial charge in [0.2, 0.25) is 0 Å². The summed E-state index contributed by atoms with van der Waals surface area (Å²) in [6.45, 7) is 18.8. The van der Waals surface area contributed by atoms with E-state index in [0.29, 0.717) is 41.9 Å². The Labute approximate surface area is 222 Å². The predicted octanol–water partition coefficient (Wildman–Crippen LogP) is 8.28. The maximum absolute atomic E-state index is 16.2. The molecule has 0 bridgehead atoms. The lowest BCUT2D eigenvalue weighted by Crippen LogP contribution is -2.65. The van der Waals surface area contributed by atoms with Crippen molar-refractivity contribution in [2.75, 3.05) is 7.11 Å². The summed E-state index contributed by atoms with van der Waals surface area (Å²) in [6, 6.07) is 0. The maximum atomic E-state index is 16.2. The summed E-state index contributed by atoms with van der Waals surface area (Å²) < 4.78 is 28.3. The molecule has 36 heavy (non-hydrogen) atoms. The fraction of sp³-hybridized carbons (Fsp3) is 0.968. The Balaban J connectivity index is 1.70. The lowest BCUT2D eigenvalue weighted by molar-refractivity contribution is -0.210. The first-order valence-corrected chi connectivity index (χ1v) is 18.6. The van der Waals surface area contributed by atoms with E-state index in [0.717, 1.165) is 19.3 Å². The SMILES string of the molecule is CC[C@H]1C(O[Si](C)(C)C)C2C3CCC([C@H](C)CCC(=O)OC)[C@@]3(C)CCC2[C@@]2(C)CC[C@@H](C)[C@H](F)[C@@H]12. The average Bonchev–Trinajstić information content (AvgIpc) is 3.17. The number of hydrogen-bond acceptors (Lipinski definition) is 3. The molecule has 4 saturated carbocycles. The quantitative estimate of drug-likeness (QED) is 0.249. The van der Waals surface area contributed by atoms with Crippen molar-refractivity contribution < 1.29 is 18.3 Å². The molecule has 0 heterocycles. The number of esters is 1. The van der Waals surface area contributed by atoms with Crippen LogP contribution in [0.3, 0.4) is 0 Å². The van der Waals surface area contributed by atoms with Gasteiger partial charge in [0.1, 0.15) is 6.17 Å². The summed E-state index contributed by atoms with van der Waals surface area (Å²) in [5.41, 5.74) is 0.378. The van der Waals surface area contributed by atoms with Gasteiger partial charge >= 0.3 is 5.97 Å². The molecule has 4 aliphatic carbocycles. The monoisotopic (exact) mass is 522 g/mol. The fourth-order valence-corrected chi connectivity index (χ4v) is 11.5. The smallest absolute Gasteiger partial charge is 0.305 e. The van der Waals surface area contributed by atoms with E-state index in [9.17, 15) is 4.79 Å². The molecule has 0 aromatic heterocycles.